The van der Waals surface area contributed by atoms with Crippen molar-refractivity contribution >= 4 is 54.5 Å². The first-order valence-electron chi connectivity index (χ1n) is 20.6. The van der Waals surface area contributed by atoms with Crippen LogP contribution in [0.5, 0.6) is 0 Å². The van der Waals surface area contributed by atoms with Crippen LogP contribution in [0.3, 0.4) is 0 Å². The zero-order valence-corrected chi connectivity index (χ0v) is 17.8. The molecule has 2 heterocycles. The van der Waals surface area contributed by atoms with E-state index in [0.717, 1.165) is 0 Å². The van der Waals surface area contributed by atoms with E-state index in [1.807, 2.05) is 0 Å². The predicted octanol–water partition coefficient (Wildman–Crippen LogP) is 9.97. The van der Waals surface area contributed by atoms with Crippen molar-refractivity contribution in [2.45, 2.75) is 0 Å². The molecule has 0 saturated heterocycles. The van der Waals surface area contributed by atoms with Crippen molar-refractivity contribution in [1.29, 1.82) is 0 Å². The highest BCUT2D eigenvalue weighted by molar-refractivity contribution is 6.23. The Balaban J connectivity index is 1.73. The van der Waals surface area contributed by atoms with Gasteiger partial charge in [-0.25, -0.2) is 0 Å². The van der Waals surface area contributed by atoms with Crippen LogP contribution < -0.4 is 0 Å². The first-order chi connectivity index (χ1) is 26.2. The average Bonchev–Trinajstić information content (AvgIpc) is 3.74. The van der Waals surface area contributed by atoms with E-state index in [2.05, 4.69) is 0 Å². The highest BCUT2D eigenvalue weighted by atomic mass is 16.3. The fourth-order valence-corrected chi connectivity index (χ4v) is 4.46. The zero-order valence-electron chi connectivity index (χ0n) is 37.8. The summed E-state index contributed by atoms with van der Waals surface area (Å²) in [7, 11) is 0. The quantitative estimate of drug-likeness (QED) is 0.230. The van der Waals surface area contributed by atoms with E-state index >= 15 is 0 Å². The van der Waals surface area contributed by atoms with E-state index < -0.39 is 182 Å². The van der Waals surface area contributed by atoms with Crippen LogP contribution in [0.2, 0.25) is 0 Å². The molecule has 0 amide bonds. The highest BCUT2D eigenvalue weighted by Gasteiger charge is 2.20. The normalized spacial score (nSPS) is 19.7. The minimum atomic E-state index is -0.856. The third-order valence-electron chi connectivity index (χ3n) is 5.90. The van der Waals surface area contributed by atoms with E-state index in [4.69, 9.17) is 34.9 Å². The van der Waals surface area contributed by atoms with Crippen molar-refractivity contribution in [3.63, 3.8) is 0 Å². The maximum atomic E-state index is 9.51. The summed E-state index contributed by atoms with van der Waals surface area (Å²) in [5.74, 6) is -0.645. The molecule has 0 spiro atoms. The van der Waals surface area contributed by atoms with Gasteiger partial charge in [0.2, 0.25) is 0 Å². The molecule has 36 heavy (non-hydrogen) atoms. The lowest BCUT2D eigenvalue weighted by Gasteiger charge is -2.16. The van der Waals surface area contributed by atoms with Crippen LogP contribution in [0.15, 0.2) is 130 Å². The molecule has 168 valence electrons. The standard InChI is InChI=1S/C34H20O2/c1-2-10-21(11-3-1)32-22-12-4-6-14-24(22)33(25-15-7-5-13-23(25)32)31-20-27-29(36-31)18-19-30-34(27)26-16-8-9-17-28(26)35-30/h1-20H/i1D,2D,3D,4D,5D,6D,7D,8D,9D,10D,11D,12D,13D,14D,15D,16D,17D,18D,19D,20D. The molecule has 0 aliphatic rings. The maximum absolute atomic E-state index is 9.51. The molecule has 0 unspecified atom stereocenters. The third kappa shape index (κ3) is 2.67. The fourth-order valence-electron chi connectivity index (χ4n) is 4.46. The van der Waals surface area contributed by atoms with Gasteiger partial charge in [0.25, 0.3) is 0 Å². The summed E-state index contributed by atoms with van der Waals surface area (Å²) in [4.78, 5) is 0. The Morgan fingerprint density at radius 2 is 0.944 bits per heavy atom. The number of benzene rings is 6. The maximum Gasteiger partial charge on any atom is 0.136 e. The van der Waals surface area contributed by atoms with Crippen LogP contribution in [0.25, 0.3) is 76.9 Å². The second-order valence-corrected chi connectivity index (χ2v) is 7.77. The highest BCUT2D eigenvalue weighted by Crippen LogP contribution is 2.46. The molecule has 0 saturated carbocycles. The zero-order chi connectivity index (χ0) is 41.0. The van der Waals surface area contributed by atoms with E-state index in [0.29, 0.717) is 0 Å². The molecule has 0 N–H and O–H groups in total. The van der Waals surface area contributed by atoms with Gasteiger partial charge in [-0.05, 0) is 56.8 Å². The van der Waals surface area contributed by atoms with Crippen molar-refractivity contribution in [2.75, 3.05) is 0 Å². The minimum Gasteiger partial charge on any atom is -0.456 e. The number of fused-ring (bicyclic) bond motifs is 7. The van der Waals surface area contributed by atoms with Gasteiger partial charge >= 0.3 is 0 Å². The van der Waals surface area contributed by atoms with Crippen LogP contribution in [0.4, 0.5) is 0 Å². The average molecular weight is 481 g/mol. The van der Waals surface area contributed by atoms with Crippen molar-refractivity contribution in [2.24, 2.45) is 0 Å². The van der Waals surface area contributed by atoms with E-state index in [-0.39, 0.29) is 16.2 Å². The van der Waals surface area contributed by atoms with Crippen molar-refractivity contribution in [3.05, 3.63) is 121 Å². The molecule has 6 aromatic carbocycles. The molecule has 2 nitrogen and oxygen atoms in total. The summed E-state index contributed by atoms with van der Waals surface area (Å²) in [5.41, 5.74) is -3.02. The summed E-state index contributed by atoms with van der Waals surface area (Å²) in [6, 6.07) is -15.5. The van der Waals surface area contributed by atoms with Gasteiger partial charge in [0.15, 0.2) is 0 Å². The largest absolute Gasteiger partial charge is 0.456 e. The molecule has 2 aromatic heterocycles. The second-order valence-electron chi connectivity index (χ2n) is 7.77. The first-order valence-corrected chi connectivity index (χ1v) is 10.6. The van der Waals surface area contributed by atoms with Gasteiger partial charge in [-0.2, -0.15) is 0 Å². The number of furan rings is 2. The molecule has 0 bridgehead atoms. The van der Waals surface area contributed by atoms with Crippen LogP contribution >= 0.6 is 0 Å². The summed E-state index contributed by atoms with van der Waals surface area (Å²) in [6.45, 7) is 0. The lowest BCUT2D eigenvalue weighted by molar-refractivity contribution is 0.632. The molecule has 2 heteroatoms. The Morgan fingerprint density at radius 3 is 1.64 bits per heavy atom. The fraction of sp³-hybridized carbons (Fsp3) is 0. The topological polar surface area (TPSA) is 26.3 Å². The van der Waals surface area contributed by atoms with E-state index in [9.17, 15) is 1.37 Å². The van der Waals surface area contributed by atoms with Gasteiger partial charge in [0.05, 0.1) is 27.4 Å². The lowest BCUT2D eigenvalue weighted by Crippen LogP contribution is -1.89. The molecule has 8 rings (SSSR count). The summed E-state index contributed by atoms with van der Waals surface area (Å²) in [5, 5.41) is -3.01. The molecular formula is C34H20O2. The number of rotatable bonds is 2. The molecule has 0 aliphatic carbocycles. The minimum absolute atomic E-state index is 0.226. The third-order valence-corrected chi connectivity index (χ3v) is 5.90. The Hall–Kier alpha value is -4.82. The molecular weight excluding hydrogens is 440 g/mol. The van der Waals surface area contributed by atoms with Gasteiger partial charge in [-0.1, -0.05) is 96.7 Å². The van der Waals surface area contributed by atoms with E-state index in [1.54, 1.807) is 0 Å². The molecule has 8 aromatic rings. The lowest BCUT2D eigenvalue weighted by atomic mass is 9.87. The number of hydrogen-bond donors (Lipinski definition) is 0. The van der Waals surface area contributed by atoms with Crippen LogP contribution in [-0.4, -0.2) is 0 Å². The monoisotopic (exact) mass is 480 g/mol. The summed E-state index contributed by atoms with van der Waals surface area (Å²) < 4.78 is 186. The van der Waals surface area contributed by atoms with Gasteiger partial charge in [-0.15, -0.1) is 0 Å². The van der Waals surface area contributed by atoms with Crippen LogP contribution in [0, 0.1) is 0 Å². The second kappa shape index (κ2) is 7.34. The molecule has 0 atom stereocenters. The molecule has 0 fully saturated rings. The van der Waals surface area contributed by atoms with Gasteiger partial charge in [0.1, 0.15) is 22.5 Å². The van der Waals surface area contributed by atoms with Gasteiger partial charge < -0.3 is 8.83 Å². The van der Waals surface area contributed by atoms with Crippen molar-refractivity contribution in [3.8, 4) is 22.5 Å². The number of hydrogen-bond acceptors (Lipinski definition) is 2. The Kier molecular flexibility index (Phi) is 1.71. The molecule has 0 aliphatic heterocycles. The van der Waals surface area contributed by atoms with Gasteiger partial charge in [-0.3, -0.25) is 0 Å². The van der Waals surface area contributed by atoms with Crippen molar-refractivity contribution in [1.82, 2.24) is 0 Å². The smallest absolute Gasteiger partial charge is 0.136 e. The molecule has 0 radical (unpaired) electrons. The number of para-hydroxylation sites is 1. The predicted molar refractivity (Wildman–Crippen MR) is 149 cm³/mol. The van der Waals surface area contributed by atoms with Crippen molar-refractivity contribution < 1.29 is 36.2 Å². The SMILES string of the molecule is [2H]c1c([2H])c([2H])c(-c2c3c([2H])c([2H])c([2H])c([2H])c3c(-c3oc4c([2H])c([2H])c5oc6c([2H])c([2H])c([2H])c([2H])c6c5c4c3[2H])c3c([2H])c([2H])c([2H])c([2H])c23)c([2H])c1[2H]. The summed E-state index contributed by atoms with van der Waals surface area (Å²) in [6.07, 6.45) is 0. The summed E-state index contributed by atoms with van der Waals surface area (Å²) >= 11 is 0. The van der Waals surface area contributed by atoms with Gasteiger partial charge in [0, 0.05) is 21.7 Å². The Morgan fingerprint density at radius 1 is 0.417 bits per heavy atom. The van der Waals surface area contributed by atoms with Crippen LogP contribution in [-0.2, 0) is 0 Å². The van der Waals surface area contributed by atoms with Crippen LogP contribution in [0.1, 0.15) is 27.4 Å². The Labute approximate surface area is 235 Å². The van der Waals surface area contributed by atoms with E-state index in [1.165, 1.54) is 0 Å². The first kappa shape index (κ1) is 8.39. The Bertz CT molecular complexity index is 3090.